The number of hydrogen-bond acceptors (Lipinski definition) is 4. The van der Waals surface area contributed by atoms with Gasteiger partial charge in [-0.05, 0) is 24.4 Å². The Bertz CT molecular complexity index is 648. The van der Waals surface area contributed by atoms with Crippen LogP contribution in [-0.4, -0.2) is 5.97 Å². The lowest BCUT2D eigenvalue weighted by Crippen LogP contribution is -2.09. The van der Waals surface area contributed by atoms with Gasteiger partial charge in [-0.2, -0.15) is 0 Å². The van der Waals surface area contributed by atoms with Gasteiger partial charge in [0.2, 0.25) is 0 Å². The summed E-state index contributed by atoms with van der Waals surface area (Å²) in [6.07, 6.45) is 0. The molecule has 0 aliphatic carbocycles. The van der Waals surface area contributed by atoms with E-state index in [-0.39, 0.29) is 0 Å². The van der Waals surface area contributed by atoms with E-state index >= 15 is 0 Å². The van der Waals surface area contributed by atoms with E-state index in [9.17, 15) is 4.79 Å². The van der Waals surface area contributed by atoms with Crippen molar-refractivity contribution in [2.45, 2.75) is 6.92 Å². The Balaban J connectivity index is 2.60. The van der Waals surface area contributed by atoms with E-state index in [1.54, 1.807) is 25.1 Å². The molecule has 0 saturated carbocycles. The smallest absolute Gasteiger partial charge is 0.338 e. The Labute approximate surface area is 105 Å². The van der Waals surface area contributed by atoms with Gasteiger partial charge < -0.3 is 16.2 Å². The monoisotopic (exact) mass is 242 g/mol. The number of nitrogen functional groups attached to an aromatic ring is 2. The quantitative estimate of drug-likeness (QED) is 0.367. The second-order valence-electron chi connectivity index (χ2n) is 4.09. The molecule has 4 heteroatoms. The summed E-state index contributed by atoms with van der Waals surface area (Å²) in [6.45, 7) is 5.13. The largest absolute Gasteiger partial charge is 0.422 e. The lowest BCUT2D eigenvalue weighted by atomic mass is 10.1. The number of anilines is 2. The van der Waals surface area contributed by atoms with Gasteiger partial charge in [-0.1, -0.05) is 24.8 Å². The number of hydrogen-bond donors (Lipinski definition) is 2. The highest BCUT2D eigenvalue weighted by Crippen LogP contribution is 2.34. The highest BCUT2D eigenvalue weighted by Gasteiger charge is 2.12. The zero-order valence-corrected chi connectivity index (χ0v) is 10.1. The average molecular weight is 242 g/mol. The SMILES string of the molecule is C=C(C)C(=O)Oc1cccc2ccc(N)c(N)c12. The number of esters is 1. The predicted octanol–water partition coefficient (Wildman–Crippen LogP) is 2.49. The summed E-state index contributed by atoms with van der Waals surface area (Å²) < 4.78 is 5.25. The zero-order chi connectivity index (χ0) is 13.3. The van der Waals surface area contributed by atoms with Crippen molar-refractivity contribution in [3.63, 3.8) is 0 Å². The van der Waals surface area contributed by atoms with E-state index in [1.807, 2.05) is 12.1 Å². The van der Waals surface area contributed by atoms with Crippen LogP contribution in [0.3, 0.4) is 0 Å². The van der Waals surface area contributed by atoms with E-state index < -0.39 is 5.97 Å². The van der Waals surface area contributed by atoms with Crippen LogP contribution in [-0.2, 0) is 4.79 Å². The van der Waals surface area contributed by atoms with Crippen LogP contribution in [0.25, 0.3) is 10.8 Å². The molecular weight excluding hydrogens is 228 g/mol. The number of fused-ring (bicyclic) bond motifs is 1. The second kappa shape index (κ2) is 4.41. The minimum Gasteiger partial charge on any atom is -0.422 e. The second-order valence-corrected chi connectivity index (χ2v) is 4.09. The van der Waals surface area contributed by atoms with Crippen molar-refractivity contribution >= 4 is 28.1 Å². The Hall–Kier alpha value is -2.49. The molecule has 92 valence electrons. The molecule has 0 heterocycles. The fourth-order valence-corrected chi connectivity index (χ4v) is 1.66. The number of benzene rings is 2. The molecule has 4 nitrogen and oxygen atoms in total. The maximum Gasteiger partial charge on any atom is 0.338 e. The first-order chi connectivity index (χ1) is 8.50. The molecule has 0 saturated heterocycles. The fraction of sp³-hybridized carbons (Fsp3) is 0.0714. The molecule has 0 spiro atoms. The lowest BCUT2D eigenvalue weighted by Gasteiger charge is -2.11. The van der Waals surface area contributed by atoms with Gasteiger partial charge in [0.25, 0.3) is 0 Å². The maximum absolute atomic E-state index is 11.6. The summed E-state index contributed by atoms with van der Waals surface area (Å²) in [5.41, 5.74) is 12.9. The summed E-state index contributed by atoms with van der Waals surface area (Å²) in [5.74, 6) is -0.0883. The van der Waals surface area contributed by atoms with Crippen LogP contribution in [0.1, 0.15) is 6.92 Å². The Morgan fingerprint density at radius 3 is 2.61 bits per heavy atom. The summed E-state index contributed by atoms with van der Waals surface area (Å²) in [7, 11) is 0. The lowest BCUT2D eigenvalue weighted by molar-refractivity contribution is -0.129. The normalized spacial score (nSPS) is 10.3. The molecule has 2 aromatic rings. The first kappa shape index (κ1) is 12.0. The fourth-order valence-electron chi connectivity index (χ4n) is 1.66. The van der Waals surface area contributed by atoms with Gasteiger partial charge in [-0.15, -0.1) is 0 Å². The molecule has 18 heavy (non-hydrogen) atoms. The van der Waals surface area contributed by atoms with Crippen molar-refractivity contribution in [1.29, 1.82) is 0 Å². The minimum absolute atomic E-state index is 0.328. The van der Waals surface area contributed by atoms with Crippen LogP contribution in [0.15, 0.2) is 42.5 Å². The number of ether oxygens (including phenoxy) is 1. The maximum atomic E-state index is 11.6. The van der Waals surface area contributed by atoms with Crippen LogP contribution in [0.5, 0.6) is 5.75 Å². The van der Waals surface area contributed by atoms with Gasteiger partial charge in [0.05, 0.1) is 11.4 Å². The van der Waals surface area contributed by atoms with Crippen LogP contribution in [0, 0.1) is 0 Å². The van der Waals surface area contributed by atoms with E-state index in [4.69, 9.17) is 16.2 Å². The molecule has 0 aromatic heterocycles. The van der Waals surface area contributed by atoms with E-state index in [0.29, 0.717) is 28.1 Å². The molecule has 0 atom stereocenters. The van der Waals surface area contributed by atoms with Crippen molar-refractivity contribution in [2.75, 3.05) is 11.5 Å². The summed E-state index contributed by atoms with van der Waals surface area (Å²) in [4.78, 5) is 11.6. The molecule has 0 fully saturated rings. The Morgan fingerprint density at radius 1 is 1.22 bits per heavy atom. The molecule has 0 aliphatic heterocycles. The van der Waals surface area contributed by atoms with Crippen molar-refractivity contribution in [3.8, 4) is 5.75 Å². The van der Waals surface area contributed by atoms with E-state index in [2.05, 4.69) is 6.58 Å². The van der Waals surface area contributed by atoms with Gasteiger partial charge in [0.1, 0.15) is 5.75 Å². The third-order valence-electron chi connectivity index (χ3n) is 2.63. The number of nitrogens with two attached hydrogens (primary N) is 2. The van der Waals surface area contributed by atoms with Crippen LogP contribution < -0.4 is 16.2 Å². The Kier molecular flexibility index (Phi) is 2.93. The van der Waals surface area contributed by atoms with Crippen molar-refractivity contribution in [3.05, 3.63) is 42.5 Å². The van der Waals surface area contributed by atoms with Gasteiger partial charge >= 0.3 is 5.97 Å². The van der Waals surface area contributed by atoms with Gasteiger partial charge in [-0.25, -0.2) is 4.79 Å². The van der Waals surface area contributed by atoms with Gasteiger partial charge in [0, 0.05) is 11.0 Å². The number of rotatable bonds is 2. The Morgan fingerprint density at radius 2 is 1.94 bits per heavy atom. The molecule has 0 radical (unpaired) electrons. The topological polar surface area (TPSA) is 78.3 Å². The first-order valence-corrected chi connectivity index (χ1v) is 5.45. The average Bonchev–Trinajstić information content (AvgIpc) is 2.34. The summed E-state index contributed by atoms with van der Waals surface area (Å²) in [6, 6.07) is 8.91. The number of carbonyl (C=O) groups excluding carboxylic acids is 1. The minimum atomic E-state index is -0.482. The van der Waals surface area contributed by atoms with Crippen molar-refractivity contribution < 1.29 is 9.53 Å². The summed E-state index contributed by atoms with van der Waals surface area (Å²) in [5, 5.41) is 1.51. The molecule has 0 amide bonds. The van der Waals surface area contributed by atoms with Gasteiger partial charge in [-0.3, -0.25) is 0 Å². The molecule has 2 rings (SSSR count). The molecule has 2 aromatic carbocycles. The third kappa shape index (κ3) is 2.00. The molecular formula is C14H14N2O2. The van der Waals surface area contributed by atoms with E-state index in [1.165, 1.54) is 0 Å². The standard InChI is InChI=1S/C14H14N2O2/c1-8(2)14(17)18-11-5-3-4-9-6-7-10(15)13(16)12(9)11/h3-7H,1,15-16H2,2H3. The zero-order valence-electron chi connectivity index (χ0n) is 10.1. The molecule has 0 bridgehead atoms. The van der Waals surface area contributed by atoms with Gasteiger partial charge in [0.15, 0.2) is 0 Å². The van der Waals surface area contributed by atoms with Crippen LogP contribution >= 0.6 is 0 Å². The van der Waals surface area contributed by atoms with Crippen LogP contribution in [0.2, 0.25) is 0 Å². The van der Waals surface area contributed by atoms with Crippen molar-refractivity contribution in [2.24, 2.45) is 0 Å². The highest BCUT2D eigenvalue weighted by atomic mass is 16.5. The number of carbonyl (C=O) groups is 1. The molecule has 0 unspecified atom stereocenters. The van der Waals surface area contributed by atoms with Crippen molar-refractivity contribution in [1.82, 2.24) is 0 Å². The third-order valence-corrected chi connectivity index (χ3v) is 2.63. The van der Waals surface area contributed by atoms with E-state index in [0.717, 1.165) is 5.39 Å². The first-order valence-electron chi connectivity index (χ1n) is 5.45. The summed E-state index contributed by atoms with van der Waals surface area (Å²) >= 11 is 0. The van der Waals surface area contributed by atoms with Crippen LogP contribution in [0.4, 0.5) is 11.4 Å². The molecule has 4 N–H and O–H groups in total. The predicted molar refractivity (Wildman–Crippen MR) is 73.2 cm³/mol. The highest BCUT2D eigenvalue weighted by molar-refractivity contribution is 6.04. The molecule has 0 aliphatic rings.